The number of aromatic nitrogens is 2. The Balaban J connectivity index is 2.39. The van der Waals surface area contributed by atoms with Crippen LogP contribution in [0.25, 0.3) is 0 Å². The molecule has 0 atom stereocenters. The standard InChI is InChI=1S/C13H11F3N2O/c1-3-10-11(5-4-7(2)17-10)19-13-9(15)6-8(14)12(16)18-13/h4-6H,3H2,1-2H3. The highest BCUT2D eigenvalue weighted by Crippen LogP contribution is 2.26. The Labute approximate surface area is 108 Å². The van der Waals surface area contributed by atoms with Gasteiger partial charge in [-0.3, -0.25) is 4.98 Å². The van der Waals surface area contributed by atoms with E-state index in [4.69, 9.17) is 4.74 Å². The first-order valence-electron chi connectivity index (χ1n) is 5.67. The van der Waals surface area contributed by atoms with E-state index in [9.17, 15) is 13.2 Å². The molecule has 0 radical (unpaired) electrons. The van der Waals surface area contributed by atoms with Gasteiger partial charge in [-0.1, -0.05) is 6.92 Å². The first-order chi connectivity index (χ1) is 9.01. The molecule has 19 heavy (non-hydrogen) atoms. The maximum atomic E-state index is 13.4. The minimum atomic E-state index is -1.41. The molecule has 0 aliphatic carbocycles. The van der Waals surface area contributed by atoms with Crippen molar-refractivity contribution in [3.8, 4) is 11.6 Å². The quantitative estimate of drug-likeness (QED) is 0.798. The third-order valence-electron chi connectivity index (χ3n) is 2.47. The van der Waals surface area contributed by atoms with Crippen molar-refractivity contribution in [1.29, 1.82) is 0 Å². The van der Waals surface area contributed by atoms with Crippen LogP contribution in [0, 0.1) is 24.5 Å². The first kappa shape index (κ1) is 13.3. The molecule has 2 rings (SSSR count). The number of ether oxygens (including phenoxy) is 1. The smallest absolute Gasteiger partial charge is 0.258 e. The van der Waals surface area contributed by atoms with E-state index in [1.54, 1.807) is 19.1 Å². The summed E-state index contributed by atoms with van der Waals surface area (Å²) in [7, 11) is 0. The minimum absolute atomic E-state index is 0.269. The van der Waals surface area contributed by atoms with Crippen LogP contribution in [0.2, 0.25) is 0 Å². The number of nitrogens with zero attached hydrogens (tertiary/aromatic N) is 2. The van der Waals surface area contributed by atoms with Crippen molar-refractivity contribution in [2.24, 2.45) is 0 Å². The maximum absolute atomic E-state index is 13.4. The average Bonchev–Trinajstić information content (AvgIpc) is 2.37. The summed E-state index contributed by atoms with van der Waals surface area (Å²) in [6.07, 6.45) is 0.558. The van der Waals surface area contributed by atoms with Gasteiger partial charge in [0, 0.05) is 11.8 Å². The second-order valence-corrected chi connectivity index (χ2v) is 3.90. The summed E-state index contributed by atoms with van der Waals surface area (Å²) in [6.45, 7) is 3.66. The van der Waals surface area contributed by atoms with Gasteiger partial charge in [0.15, 0.2) is 17.4 Å². The second-order valence-electron chi connectivity index (χ2n) is 3.90. The molecule has 0 amide bonds. The SMILES string of the molecule is CCc1nc(C)ccc1Oc1nc(F)c(F)cc1F. The number of hydrogen-bond donors (Lipinski definition) is 0. The molecule has 0 aliphatic rings. The fourth-order valence-corrected chi connectivity index (χ4v) is 1.55. The minimum Gasteiger partial charge on any atom is -0.434 e. The molecule has 6 heteroatoms. The average molecular weight is 268 g/mol. The Morgan fingerprint density at radius 2 is 1.84 bits per heavy atom. The molecule has 0 aromatic carbocycles. The van der Waals surface area contributed by atoms with Crippen molar-refractivity contribution < 1.29 is 17.9 Å². The van der Waals surface area contributed by atoms with Crippen LogP contribution in [0.1, 0.15) is 18.3 Å². The van der Waals surface area contributed by atoms with Crippen LogP contribution in [0.15, 0.2) is 18.2 Å². The molecule has 2 aromatic heterocycles. The van der Waals surface area contributed by atoms with Gasteiger partial charge in [0.05, 0.1) is 5.69 Å². The number of halogens is 3. The third kappa shape index (κ3) is 2.83. The summed E-state index contributed by atoms with van der Waals surface area (Å²) in [5.74, 6) is -4.18. The van der Waals surface area contributed by atoms with Crippen molar-refractivity contribution in [3.05, 3.63) is 47.2 Å². The van der Waals surface area contributed by atoms with Gasteiger partial charge in [0.1, 0.15) is 0 Å². The van der Waals surface area contributed by atoms with Gasteiger partial charge in [-0.15, -0.1) is 0 Å². The predicted octanol–water partition coefficient (Wildman–Crippen LogP) is 3.56. The molecule has 0 saturated heterocycles. The Morgan fingerprint density at radius 1 is 1.11 bits per heavy atom. The largest absolute Gasteiger partial charge is 0.434 e. The first-order valence-corrected chi connectivity index (χ1v) is 5.67. The van der Waals surface area contributed by atoms with Crippen molar-refractivity contribution in [2.45, 2.75) is 20.3 Å². The van der Waals surface area contributed by atoms with E-state index in [1.807, 2.05) is 6.92 Å². The van der Waals surface area contributed by atoms with Crippen LogP contribution in [-0.4, -0.2) is 9.97 Å². The highest BCUT2D eigenvalue weighted by molar-refractivity contribution is 5.33. The zero-order valence-corrected chi connectivity index (χ0v) is 10.4. The van der Waals surface area contributed by atoms with Crippen molar-refractivity contribution in [2.75, 3.05) is 0 Å². The Hall–Kier alpha value is -2.11. The Bertz CT molecular complexity index is 617. The van der Waals surface area contributed by atoms with Crippen LogP contribution >= 0.6 is 0 Å². The maximum Gasteiger partial charge on any atom is 0.258 e. The highest BCUT2D eigenvalue weighted by atomic mass is 19.2. The number of aryl methyl sites for hydroxylation is 2. The summed E-state index contributed by atoms with van der Waals surface area (Å²) < 4.78 is 44.3. The number of rotatable bonds is 3. The molecule has 0 bridgehead atoms. The van der Waals surface area contributed by atoms with Crippen LogP contribution in [-0.2, 0) is 6.42 Å². The summed E-state index contributed by atoms with van der Waals surface area (Å²) in [5.41, 5.74) is 1.37. The van der Waals surface area contributed by atoms with Gasteiger partial charge in [0.2, 0.25) is 0 Å². The van der Waals surface area contributed by atoms with Gasteiger partial charge < -0.3 is 4.74 Å². The zero-order valence-electron chi connectivity index (χ0n) is 10.4. The Morgan fingerprint density at radius 3 is 2.53 bits per heavy atom. The molecule has 100 valence electrons. The fourth-order valence-electron chi connectivity index (χ4n) is 1.55. The van der Waals surface area contributed by atoms with E-state index in [-0.39, 0.29) is 5.75 Å². The monoisotopic (exact) mass is 268 g/mol. The highest BCUT2D eigenvalue weighted by Gasteiger charge is 2.15. The molecule has 0 aliphatic heterocycles. The molecule has 2 heterocycles. The lowest BCUT2D eigenvalue weighted by molar-refractivity contribution is 0.383. The molecule has 3 nitrogen and oxygen atoms in total. The lowest BCUT2D eigenvalue weighted by Gasteiger charge is -2.10. The molecule has 2 aromatic rings. The van der Waals surface area contributed by atoms with Gasteiger partial charge in [-0.25, -0.2) is 8.78 Å². The zero-order chi connectivity index (χ0) is 14.0. The van der Waals surface area contributed by atoms with E-state index in [1.165, 1.54) is 0 Å². The third-order valence-corrected chi connectivity index (χ3v) is 2.47. The summed E-state index contributed by atoms with van der Waals surface area (Å²) >= 11 is 0. The van der Waals surface area contributed by atoms with Crippen molar-refractivity contribution in [3.63, 3.8) is 0 Å². The van der Waals surface area contributed by atoms with Crippen molar-refractivity contribution >= 4 is 0 Å². The summed E-state index contributed by atoms with van der Waals surface area (Å²) in [4.78, 5) is 7.31. The fraction of sp³-hybridized carbons (Fsp3) is 0.231. The van der Waals surface area contributed by atoms with E-state index in [2.05, 4.69) is 9.97 Å². The predicted molar refractivity (Wildman–Crippen MR) is 62.5 cm³/mol. The number of hydrogen-bond acceptors (Lipinski definition) is 3. The molecular formula is C13H11F3N2O. The van der Waals surface area contributed by atoms with Gasteiger partial charge in [0.25, 0.3) is 11.8 Å². The van der Waals surface area contributed by atoms with E-state index >= 15 is 0 Å². The van der Waals surface area contributed by atoms with Gasteiger partial charge >= 0.3 is 0 Å². The molecular weight excluding hydrogens is 257 g/mol. The molecule has 0 N–H and O–H groups in total. The Kier molecular flexibility index (Phi) is 3.69. The van der Waals surface area contributed by atoms with Gasteiger partial charge in [-0.2, -0.15) is 9.37 Å². The topological polar surface area (TPSA) is 35.0 Å². The van der Waals surface area contributed by atoms with Crippen molar-refractivity contribution in [1.82, 2.24) is 9.97 Å². The normalized spacial score (nSPS) is 10.6. The molecule has 0 spiro atoms. The van der Waals surface area contributed by atoms with Crippen LogP contribution in [0.5, 0.6) is 11.6 Å². The summed E-state index contributed by atoms with van der Waals surface area (Å²) in [6, 6.07) is 3.65. The molecule has 0 unspecified atom stereocenters. The lowest BCUT2D eigenvalue weighted by atomic mass is 10.2. The van der Waals surface area contributed by atoms with Gasteiger partial charge in [-0.05, 0) is 25.5 Å². The van der Waals surface area contributed by atoms with E-state index in [0.717, 1.165) is 5.69 Å². The second kappa shape index (κ2) is 5.26. The summed E-state index contributed by atoms with van der Waals surface area (Å²) in [5, 5.41) is 0. The van der Waals surface area contributed by atoms with E-state index < -0.39 is 23.5 Å². The number of pyridine rings is 2. The lowest BCUT2D eigenvalue weighted by Crippen LogP contribution is -2.01. The van der Waals surface area contributed by atoms with E-state index in [0.29, 0.717) is 18.2 Å². The molecule has 0 fully saturated rings. The van der Waals surface area contributed by atoms with Crippen LogP contribution in [0.3, 0.4) is 0 Å². The molecule has 0 saturated carbocycles. The van der Waals surface area contributed by atoms with Crippen LogP contribution < -0.4 is 4.74 Å². The van der Waals surface area contributed by atoms with Crippen LogP contribution in [0.4, 0.5) is 13.2 Å².